The number of benzene rings is 1. The summed E-state index contributed by atoms with van der Waals surface area (Å²) in [5.41, 5.74) is 0.825. The third kappa shape index (κ3) is 4.56. The van der Waals surface area contributed by atoms with Gasteiger partial charge in [0.25, 0.3) is 0 Å². The van der Waals surface area contributed by atoms with E-state index < -0.39 is 5.82 Å². The Bertz CT molecular complexity index is 663. The zero-order chi connectivity index (χ0) is 16.1. The van der Waals surface area contributed by atoms with Crippen molar-refractivity contribution >= 4 is 11.6 Å². The normalized spacial score (nSPS) is 15.4. The first-order valence-corrected chi connectivity index (χ1v) is 7.97. The fourth-order valence-electron chi connectivity index (χ4n) is 2.47. The predicted octanol–water partition coefficient (Wildman–Crippen LogP) is 3.58. The number of pyridine rings is 1. The third-order valence-electron chi connectivity index (χ3n) is 3.65. The van der Waals surface area contributed by atoms with Crippen molar-refractivity contribution < 1.29 is 13.9 Å². The summed E-state index contributed by atoms with van der Waals surface area (Å²) in [5.74, 6) is 0.404. The van der Waals surface area contributed by atoms with Crippen molar-refractivity contribution in [3.8, 4) is 11.5 Å². The maximum absolute atomic E-state index is 13.7. The predicted molar refractivity (Wildman–Crippen MR) is 86.5 cm³/mol. The number of nitrogens with one attached hydrogen (secondary N) is 1. The Kier molecular flexibility index (Phi) is 5.31. The van der Waals surface area contributed by atoms with E-state index in [1.807, 2.05) is 6.07 Å². The molecule has 2 aromatic rings. The minimum atomic E-state index is -0.479. The van der Waals surface area contributed by atoms with Gasteiger partial charge in [-0.05, 0) is 50.2 Å². The van der Waals surface area contributed by atoms with E-state index in [9.17, 15) is 4.39 Å². The minimum Gasteiger partial charge on any atom is -0.489 e. The lowest BCUT2D eigenvalue weighted by Gasteiger charge is -2.23. The summed E-state index contributed by atoms with van der Waals surface area (Å²) in [4.78, 5) is 4.16. The van der Waals surface area contributed by atoms with Gasteiger partial charge in [-0.1, -0.05) is 11.6 Å². The molecule has 4 nitrogen and oxygen atoms in total. The average molecular weight is 337 g/mol. The molecule has 1 saturated heterocycles. The van der Waals surface area contributed by atoms with E-state index in [0.717, 1.165) is 37.2 Å². The Hall–Kier alpha value is -1.85. The van der Waals surface area contributed by atoms with Gasteiger partial charge in [0.2, 0.25) is 0 Å². The van der Waals surface area contributed by atoms with Gasteiger partial charge in [-0.3, -0.25) is 4.98 Å². The Morgan fingerprint density at radius 1 is 1.22 bits per heavy atom. The zero-order valence-electron chi connectivity index (χ0n) is 12.6. The quantitative estimate of drug-likeness (QED) is 0.906. The molecule has 0 radical (unpaired) electrons. The largest absolute Gasteiger partial charge is 0.489 e. The zero-order valence-corrected chi connectivity index (χ0v) is 13.4. The summed E-state index contributed by atoms with van der Waals surface area (Å²) in [6.07, 6.45) is 5.55. The van der Waals surface area contributed by atoms with Crippen LogP contribution >= 0.6 is 11.6 Å². The number of rotatable bonds is 5. The van der Waals surface area contributed by atoms with Crippen LogP contribution in [-0.4, -0.2) is 24.2 Å². The molecule has 0 unspecified atom stereocenters. The van der Waals surface area contributed by atoms with Crippen LogP contribution in [0.25, 0.3) is 0 Å². The van der Waals surface area contributed by atoms with Crippen LogP contribution in [0.2, 0.25) is 5.02 Å². The van der Waals surface area contributed by atoms with Crippen molar-refractivity contribution in [3.05, 3.63) is 53.1 Å². The van der Waals surface area contributed by atoms with Gasteiger partial charge >= 0.3 is 0 Å². The van der Waals surface area contributed by atoms with E-state index in [1.54, 1.807) is 18.5 Å². The van der Waals surface area contributed by atoms with Gasteiger partial charge < -0.3 is 14.8 Å². The summed E-state index contributed by atoms with van der Waals surface area (Å²) in [6.45, 7) is 2.16. The second kappa shape index (κ2) is 7.62. The number of ether oxygens (including phenoxy) is 2. The molecule has 1 aliphatic rings. The first kappa shape index (κ1) is 16.0. The Labute approximate surface area is 139 Å². The average Bonchev–Trinajstić information content (AvgIpc) is 2.55. The molecule has 0 bridgehead atoms. The lowest BCUT2D eigenvalue weighted by molar-refractivity contribution is 0.161. The summed E-state index contributed by atoms with van der Waals surface area (Å²) in [5, 5.41) is 3.64. The van der Waals surface area contributed by atoms with Crippen LogP contribution in [0.5, 0.6) is 11.5 Å². The Balaban J connectivity index is 1.60. The molecular weight excluding hydrogens is 319 g/mol. The minimum absolute atomic E-state index is 0.166. The molecule has 0 amide bonds. The second-order valence-electron chi connectivity index (χ2n) is 5.46. The molecule has 1 aromatic carbocycles. The van der Waals surface area contributed by atoms with Gasteiger partial charge in [0.1, 0.15) is 18.5 Å². The number of aromatic nitrogens is 1. The van der Waals surface area contributed by atoms with Gasteiger partial charge in [-0.25, -0.2) is 4.39 Å². The molecule has 3 rings (SSSR count). The van der Waals surface area contributed by atoms with Crippen LogP contribution in [0.15, 0.2) is 36.7 Å². The molecule has 0 aliphatic carbocycles. The molecular formula is C17H18ClFN2O2. The topological polar surface area (TPSA) is 43.4 Å². The van der Waals surface area contributed by atoms with Crippen molar-refractivity contribution in [1.82, 2.24) is 10.3 Å². The third-order valence-corrected chi connectivity index (χ3v) is 3.88. The van der Waals surface area contributed by atoms with E-state index in [4.69, 9.17) is 21.1 Å². The number of hydrogen-bond donors (Lipinski definition) is 1. The van der Waals surface area contributed by atoms with Crippen LogP contribution in [0.4, 0.5) is 4.39 Å². The Morgan fingerprint density at radius 3 is 2.83 bits per heavy atom. The van der Waals surface area contributed by atoms with Crippen LogP contribution in [0.3, 0.4) is 0 Å². The van der Waals surface area contributed by atoms with Crippen molar-refractivity contribution in [1.29, 1.82) is 0 Å². The van der Waals surface area contributed by atoms with Crippen LogP contribution in [0.1, 0.15) is 18.4 Å². The number of piperidine rings is 1. The van der Waals surface area contributed by atoms with E-state index in [0.29, 0.717) is 5.02 Å². The highest BCUT2D eigenvalue weighted by molar-refractivity contribution is 6.30. The van der Waals surface area contributed by atoms with E-state index in [-0.39, 0.29) is 18.5 Å². The van der Waals surface area contributed by atoms with E-state index in [2.05, 4.69) is 10.3 Å². The fourth-order valence-corrected chi connectivity index (χ4v) is 2.62. The van der Waals surface area contributed by atoms with Gasteiger partial charge in [-0.2, -0.15) is 0 Å². The summed E-state index contributed by atoms with van der Waals surface area (Å²) in [7, 11) is 0. The molecule has 0 spiro atoms. The van der Waals surface area contributed by atoms with E-state index >= 15 is 0 Å². The summed E-state index contributed by atoms with van der Waals surface area (Å²) < 4.78 is 25.1. The highest BCUT2D eigenvalue weighted by Crippen LogP contribution is 2.23. The number of hydrogen-bond acceptors (Lipinski definition) is 4. The molecule has 1 fully saturated rings. The van der Waals surface area contributed by atoms with Gasteiger partial charge in [0, 0.05) is 16.8 Å². The van der Waals surface area contributed by atoms with E-state index in [1.165, 1.54) is 12.1 Å². The summed E-state index contributed by atoms with van der Waals surface area (Å²) >= 11 is 5.72. The van der Waals surface area contributed by atoms with Crippen molar-refractivity contribution in [2.45, 2.75) is 25.6 Å². The lowest BCUT2D eigenvalue weighted by atomic mass is 10.1. The standard InChI is InChI=1S/C17H18ClFN2O2/c18-13-1-2-17(16(19)8-13)22-11-12-7-15(10-21-9-12)23-14-3-5-20-6-4-14/h1-2,7-10,14,20H,3-6,11H2. The lowest BCUT2D eigenvalue weighted by Crippen LogP contribution is -2.34. The van der Waals surface area contributed by atoms with Crippen LogP contribution < -0.4 is 14.8 Å². The molecule has 23 heavy (non-hydrogen) atoms. The molecule has 0 saturated carbocycles. The first-order chi connectivity index (χ1) is 11.2. The maximum Gasteiger partial charge on any atom is 0.166 e. The second-order valence-corrected chi connectivity index (χ2v) is 5.90. The maximum atomic E-state index is 13.7. The molecule has 6 heteroatoms. The first-order valence-electron chi connectivity index (χ1n) is 7.60. The summed E-state index contributed by atoms with van der Waals surface area (Å²) in [6, 6.07) is 6.21. The SMILES string of the molecule is Fc1cc(Cl)ccc1OCc1cncc(OC2CCNCC2)c1. The molecule has 2 heterocycles. The van der Waals surface area contributed by atoms with Crippen LogP contribution in [-0.2, 0) is 6.61 Å². The number of nitrogens with zero attached hydrogens (tertiary/aromatic N) is 1. The van der Waals surface area contributed by atoms with Crippen molar-refractivity contribution in [3.63, 3.8) is 0 Å². The van der Waals surface area contributed by atoms with Crippen molar-refractivity contribution in [2.24, 2.45) is 0 Å². The molecule has 1 aromatic heterocycles. The van der Waals surface area contributed by atoms with Gasteiger partial charge in [-0.15, -0.1) is 0 Å². The molecule has 0 atom stereocenters. The Morgan fingerprint density at radius 2 is 2.04 bits per heavy atom. The van der Waals surface area contributed by atoms with Gasteiger partial charge in [0.15, 0.2) is 11.6 Å². The highest BCUT2D eigenvalue weighted by Gasteiger charge is 2.14. The fraction of sp³-hybridized carbons (Fsp3) is 0.353. The monoisotopic (exact) mass is 336 g/mol. The van der Waals surface area contributed by atoms with Crippen LogP contribution in [0, 0.1) is 5.82 Å². The highest BCUT2D eigenvalue weighted by atomic mass is 35.5. The van der Waals surface area contributed by atoms with Crippen molar-refractivity contribution in [2.75, 3.05) is 13.1 Å². The molecule has 1 N–H and O–H groups in total. The number of halogens is 2. The molecule has 1 aliphatic heterocycles. The smallest absolute Gasteiger partial charge is 0.166 e. The van der Waals surface area contributed by atoms with Gasteiger partial charge in [0.05, 0.1) is 6.20 Å². The molecule has 122 valence electrons.